The third-order valence-corrected chi connectivity index (χ3v) is 3.14. The molecule has 0 heterocycles. The van der Waals surface area contributed by atoms with Gasteiger partial charge in [-0.25, -0.2) is 0 Å². The van der Waals surface area contributed by atoms with E-state index >= 15 is 0 Å². The number of benzene rings is 2. The Labute approximate surface area is 104 Å². The molecule has 0 nitrogen and oxygen atoms in total. The van der Waals surface area contributed by atoms with Crippen molar-refractivity contribution < 1.29 is 0 Å². The molecule has 0 aromatic heterocycles. The predicted octanol–water partition coefficient (Wildman–Crippen LogP) is 4.78. The first-order valence-electron chi connectivity index (χ1n) is 5.98. The quantitative estimate of drug-likeness (QED) is 0.641. The minimum absolute atomic E-state index is 1.24. The van der Waals surface area contributed by atoms with E-state index in [1.54, 1.807) is 0 Å². The molecule has 0 unspecified atom stereocenters. The lowest BCUT2D eigenvalue weighted by molar-refractivity contribution is 1.29. The highest BCUT2D eigenvalue weighted by atomic mass is 14.0. The van der Waals surface area contributed by atoms with Gasteiger partial charge in [0, 0.05) is 0 Å². The van der Waals surface area contributed by atoms with Crippen LogP contribution in [0.25, 0.3) is 12.2 Å². The van der Waals surface area contributed by atoms with Crippen molar-refractivity contribution in [3.05, 3.63) is 70.3 Å². The summed E-state index contributed by atoms with van der Waals surface area (Å²) < 4.78 is 0. The van der Waals surface area contributed by atoms with Crippen molar-refractivity contribution in [3.63, 3.8) is 0 Å². The highest BCUT2D eigenvalue weighted by molar-refractivity contribution is 5.71. The predicted molar refractivity (Wildman–Crippen MR) is 76.0 cm³/mol. The average Bonchev–Trinajstić information content (AvgIpc) is 2.33. The van der Waals surface area contributed by atoms with E-state index in [1.165, 1.54) is 27.8 Å². The Morgan fingerprint density at radius 1 is 0.706 bits per heavy atom. The zero-order chi connectivity index (χ0) is 12.3. The van der Waals surface area contributed by atoms with Gasteiger partial charge in [-0.3, -0.25) is 0 Å². The molecule has 2 aromatic carbocycles. The van der Waals surface area contributed by atoms with E-state index in [1.807, 2.05) is 6.07 Å². The molecule has 0 saturated heterocycles. The first-order chi connectivity index (χ1) is 8.16. The molecule has 0 heteroatoms. The molecular formula is C17H18. The van der Waals surface area contributed by atoms with Gasteiger partial charge in [-0.15, -0.1) is 0 Å². The van der Waals surface area contributed by atoms with Gasteiger partial charge in [0.25, 0.3) is 0 Å². The molecule has 0 fully saturated rings. The summed E-state index contributed by atoms with van der Waals surface area (Å²) >= 11 is 0. The first-order valence-corrected chi connectivity index (χ1v) is 5.98. The second kappa shape index (κ2) is 5.01. The topological polar surface area (TPSA) is 0 Å². The molecule has 17 heavy (non-hydrogen) atoms. The van der Waals surface area contributed by atoms with Gasteiger partial charge in [-0.05, 0) is 48.6 Å². The maximum atomic E-state index is 2.25. The molecule has 86 valence electrons. The lowest BCUT2D eigenvalue weighted by atomic mass is 10.00. The van der Waals surface area contributed by atoms with Crippen LogP contribution >= 0.6 is 0 Å². The molecule has 0 atom stereocenters. The maximum Gasteiger partial charge on any atom is -0.0224 e. The molecule has 0 aliphatic heterocycles. The number of aryl methyl sites for hydroxylation is 3. The van der Waals surface area contributed by atoms with E-state index in [9.17, 15) is 0 Å². The molecule has 0 aliphatic carbocycles. The Bertz CT molecular complexity index is 533. The van der Waals surface area contributed by atoms with Gasteiger partial charge in [0.15, 0.2) is 0 Å². The van der Waals surface area contributed by atoms with E-state index in [-0.39, 0.29) is 0 Å². The van der Waals surface area contributed by atoms with Gasteiger partial charge in [0.05, 0.1) is 0 Å². The van der Waals surface area contributed by atoms with E-state index in [4.69, 9.17) is 0 Å². The van der Waals surface area contributed by atoms with Crippen molar-refractivity contribution in [1.29, 1.82) is 0 Å². The van der Waals surface area contributed by atoms with Crippen LogP contribution in [0, 0.1) is 20.8 Å². The molecule has 2 rings (SSSR count). The third-order valence-electron chi connectivity index (χ3n) is 3.14. The van der Waals surface area contributed by atoms with Crippen LogP contribution in [0.3, 0.4) is 0 Å². The van der Waals surface area contributed by atoms with E-state index in [2.05, 4.69) is 69.3 Å². The smallest absolute Gasteiger partial charge is 0.0224 e. The van der Waals surface area contributed by atoms with Gasteiger partial charge in [0.1, 0.15) is 0 Å². The van der Waals surface area contributed by atoms with E-state index < -0.39 is 0 Å². The Hall–Kier alpha value is -1.82. The molecule has 0 amide bonds. The van der Waals surface area contributed by atoms with Crippen molar-refractivity contribution in [2.24, 2.45) is 0 Å². The monoisotopic (exact) mass is 222 g/mol. The summed E-state index contributed by atoms with van der Waals surface area (Å²) in [6, 6.07) is 14.9. The average molecular weight is 222 g/mol. The number of rotatable bonds is 2. The molecule has 2 aromatic rings. The minimum Gasteiger partial charge on any atom is -0.0622 e. The number of hydrogen-bond acceptors (Lipinski definition) is 0. The molecule has 0 radical (unpaired) electrons. The van der Waals surface area contributed by atoms with Crippen molar-refractivity contribution in [2.45, 2.75) is 20.8 Å². The van der Waals surface area contributed by atoms with Crippen molar-refractivity contribution in [3.8, 4) is 0 Å². The number of hydrogen-bond donors (Lipinski definition) is 0. The standard InChI is InChI=1S/C17H18/c1-13-11-15(3)17(12-14(13)2)10-9-16-7-5-4-6-8-16/h4-12H,1-3H3/b10-9+. The highest BCUT2D eigenvalue weighted by Gasteiger charge is 1.98. The van der Waals surface area contributed by atoms with E-state index in [0.29, 0.717) is 0 Å². The Balaban J connectivity index is 2.31. The Morgan fingerprint density at radius 2 is 1.35 bits per heavy atom. The fourth-order valence-electron chi connectivity index (χ4n) is 1.91. The van der Waals surface area contributed by atoms with Crippen LogP contribution < -0.4 is 0 Å². The van der Waals surface area contributed by atoms with Gasteiger partial charge in [-0.1, -0.05) is 54.6 Å². The lowest BCUT2D eigenvalue weighted by Gasteiger charge is -2.06. The summed E-state index contributed by atoms with van der Waals surface area (Å²) in [5.41, 5.74) is 6.59. The van der Waals surface area contributed by atoms with Crippen molar-refractivity contribution in [1.82, 2.24) is 0 Å². The molecule has 0 bridgehead atoms. The zero-order valence-electron chi connectivity index (χ0n) is 10.7. The summed E-state index contributed by atoms with van der Waals surface area (Å²) in [6.45, 7) is 6.48. The van der Waals surface area contributed by atoms with Gasteiger partial charge < -0.3 is 0 Å². The van der Waals surface area contributed by atoms with Crippen LogP contribution in [-0.4, -0.2) is 0 Å². The maximum absolute atomic E-state index is 2.25. The SMILES string of the molecule is Cc1cc(C)c(/C=C/c2ccccc2)cc1C. The summed E-state index contributed by atoms with van der Waals surface area (Å²) in [6.07, 6.45) is 4.36. The van der Waals surface area contributed by atoms with Crippen LogP contribution in [0.5, 0.6) is 0 Å². The molecule has 0 aliphatic rings. The lowest BCUT2D eigenvalue weighted by Crippen LogP contribution is -1.87. The largest absolute Gasteiger partial charge is 0.0622 e. The van der Waals surface area contributed by atoms with Gasteiger partial charge >= 0.3 is 0 Å². The summed E-state index contributed by atoms with van der Waals surface area (Å²) in [5.74, 6) is 0. The van der Waals surface area contributed by atoms with Crippen LogP contribution in [-0.2, 0) is 0 Å². The van der Waals surface area contributed by atoms with Crippen molar-refractivity contribution in [2.75, 3.05) is 0 Å². The fourth-order valence-corrected chi connectivity index (χ4v) is 1.91. The molecular weight excluding hydrogens is 204 g/mol. The first kappa shape index (κ1) is 11.7. The summed E-state index contributed by atoms with van der Waals surface area (Å²) in [5, 5.41) is 0. The Kier molecular flexibility index (Phi) is 3.43. The normalized spacial score (nSPS) is 11.0. The summed E-state index contributed by atoms with van der Waals surface area (Å²) in [7, 11) is 0. The van der Waals surface area contributed by atoms with Gasteiger partial charge in [-0.2, -0.15) is 0 Å². The van der Waals surface area contributed by atoms with Crippen LogP contribution in [0.4, 0.5) is 0 Å². The second-order valence-electron chi connectivity index (χ2n) is 4.54. The zero-order valence-corrected chi connectivity index (χ0v) is 10.7. The van der Waals surface area contributed by atoms with Crippen LogP contribution in [0.1, 0.15) is 27.8 Å². The molecule has 0 spiro atoms. The molecule has 0 N–H and O–H groups in total. The summed E-state index contributed by atoms with van der Waals surface area (Å²) in [4.78, 5) is 0. The molecule has 0 saturated carbocycles. The fraction of sp³-hybridized carbons (Fsp3) is 0.176. The highest BCUT2D eigenvalue weighted by Crippen LogP contribution is 2.17. The minimum atomic E-state index is 1.24. The van der Waals surface area contributed by atoms with Crippen molar-refractivity contribution >= 4 is 12.2 Å². The van der Waals surface area contributed by atoms with E-state index in [0.717, 1.165) is 0 Å². The van der Waals surface area contributed by atoms with Crippen LogP contribution in [0.15, 0.2) is 42.5 Å². The third kappa shape index (κ3) is 2.85. The Morgan fingerprint density at radius 3 is 2.06 bits per heavy atom. The second-order valence-corrected chi connectivity index (χ2v) is 4.54. The van der Waals surface area contributed by atoms with Gasteiger partial charge in [0.2, 0.25) is 0 Å². The van der Waals surface area contributed by atoms with Crippen LogP contribution in [0.2, 0.25) is 0 Å².